The van der Waals surface area contributed by atoms with Crippen molar-refractivity contribution in [3.8, 4) is 17.6 Å². The molecule has 0 aromatic heterocycles. The first-order valence-electron chi connectivity index (χ1n) is 5.67. The van der Waals surface area contributed by atoms with E-state index in [9.17, 15) is 4.39 Å². The van der Waals surface area contributed by atoms with Crippen LogP contribution in [0.15, 0.2) is 36.4 Å². The van der Waals surface area contributed by atoms with Gasteiger partial charge in [0.05, 0.1) is 17.5 Å². The smallest absolute Gasteiger partial charge is 0.132 e. The average molecular weight is 276 g/mol. The monoisotopic (exact) mass is 275 g/mol. The third kappa shape index (κ3) is 3.04. The molecule has 0 atom stereocenters. The van der Waals surface area contributed by atoms with E-state index in [1.54, 1.807) is 18.2 Å². The Bertz CT molecular complexity index is 649. The number of alkyl halides is 1. The molecule has 2 aromatic rings. The molecular weight excluding hydrogens is 265 g/mol. The molecule has 0 aliphatic heterocycles. The van der Waals surface area contributed by atoms with Crippen LogP contribution in [0, 0.1) is 24.1 Å². The molecule has 96 valence electrons. The molecule has 0 spiro atoms. The second kappa shape index (κ2) is 5.73. The van der Waals surface area contributed by atoms with Gasteiger partial charge in [-0.25, -0.2) is 4.39 Å². The molecule has 0 saturated heterocycles. The second-order valence-electron chi connectivity index (χ2n) is 4.08. The second-order valence-corrected chi connectivity index (χ2v) is 4.35. The molecule has 0 bridgehead atoms. The molecule has 4 heteroatoms. The van der Waals surface area contributed by atoms with Crippen LogP contribution in [0.1, 0.15) is 16.7 Å². The van der Waals surface area contributed by atoms with Gasteiger partial charge in [-0.15, -0.1) is 11.6 Å². The lowest BCUT2D eigenvalue weighted by Crippen LogP contribution is -1.93. The minimum Gasteiger partial charge on any atom is -0.457 e. The third-order valence-electron chi connectivity index (χ3n) is 2.70. The van der Waals surface area contributed by atoms with E-state index >= 15 is 0 Å². The van der Waals surface area contributed by atoms with E-state index in [2.05, 4.69) is 6.07 Å². The average Bonchev–Trinajstić information content (AvgIpc) is 2.43. The number of rotatable bonds is 3. The molecule has 19 heavy (non-hydrogen) atoms. The van der Waals surface area contributed by atoms with Gasteiger partial charge in [0.15, 0.2) is 0 Å². The zero-order valence-corrected chi connectivity index (χ0v) is 11.0. The van der Waals surface area contributed by atoms with Gasteiger partial charge < -0.3 is 4.74 Å². The summed E-state index contributed by atoms with van der Waals surface area (Å²) in [6.07, 6.45) is 0. The quantitative estimate of drug-likeness (QED) is 0.771. The maximum atomic E-state index is 13.1. The standard InChI is InChI=1S/C15H11ClFNO/c1-10-2-3-11(9-18)6-15(10)19-14-5-4-13(17)7-12(14)8-16/h2-7H,8H2,1H3. The molecule has 2 rings (SSSR count). The van der Waals surface area contributed by atoms with Crippen LogP contribution in [-0.4, -0.2) is 0 Å². The summed E-state index contributed by atoms with van der Waals surface area (Å²) in [7, 11) is 0. The van der Waals surface area contributed by atoms with Crippen LogP contribution in [0.25, 0.3) is 0 Å². The number of nitrogens with zero attached hydrogens (tertiary/aromatic N) is 1. The highest BCUT2D eigenvalue weighted by molar-refractivity contribution is 6.17. The van der Waals surface area contributed by atoms with Crippen molar-refractivity contribution in [3.05, 3.63) is 58.9 Å². The van der Waals surface area contributed by atoms with Crippen LogP contribution in [0.2, 0.25) is 0 Å². The SMILES string of the molecule is Cc1ccc(C#N)cc1Oc1ccc(F)cc1CCl. The minimum absolute atomic E-state index is 0.157. The lowest BCUT2D eigenvalue weighted by atomic mass is 10.1. The molecule has 0 unspecified atom stereocenters. The molecule has 0 heterocycles. The Morgan fingerprint density at radius 3 is 2.68 bits per heavy atom. The largest absolute Gasteiger partial charge is 0.457 e. The van der Waals surface area contributed by atoms with Crippen LogP contribution in [0.3, 0.4) is 0 Å². The summed E-state index contributed by atoms with van der Waals surface area (Å²) in [5.41, 5.74) is 1.97. The zero-order chi connectivity index (χ0) is 13.8. The molecule has 0 amide bonds. The van der Waals surface area contributed by atoms with E-state index < -0.39 is 0 Å². The Kier molecular flexibility index (Phi) is 4.03. The first-order valence-corrected chi connectivity index (χ1v) is 6.20. The Morgan fingerprint density at radius 1 is 1.21 bits per heavy atom. The van der Waals surface area contributed by atoms with E-state index in [1.165, 1.54) is 18.2 Å². The Hall–Kier alpha value is -2.05. The van der Waals surface area contributed by atoms with Gasteiger partial charge in [0.2, 0.25) is 0 Å². The predicted molar refractivity (Wildman–Crippen MR) is 71.9 cm³/mol. The van der Waals surface area contributed by atoms with Crippen molar-refractivity contribution in [1.82, 2.24) is 0 Å². The number of aryl methyl sites for hydroxylation is 1. The van der Waals surface area contributed by atoms with Crippen LogP contribution in [-0.2, 0) is 5.88 Å². The fourth-order valence-corrected chi connectivity index (χ4v) is 1.86. The van der Waals surface area contributed by atoms with Gasteiger partial charge in [0.25, 0.3) is 0 Å². The zero-order valence-electron chi connectivity index (χ0n) is 10.3. The molecule has 0 saturated carbocycles. The fraction of sp³-hybridized carbons (Fsp3) is 0.133. The van der Waals surface area contributed by atoms with Gasteiger partial charge in [-0.1, -0.05) is 6.07 Å². The predicted octanol–water partition coefficient (Wildman–Crippen LogP) is 4.54. The Morgan fingerprint density at radius 2 is 2.00 bits per heavy atom. The molecule has 0 radical (unpaired) electrons. The topological polar surface area (TPSA) is 33.0 Å². The van der Waals surface area contributed by atoms with Crippen molar-refractivity contribution in [2.24, 2.45) is 0 Å². The van der Waals surface area contributed by atoms with Crippen molar-refractivity contribution < 1.29 is 9.13 Å². The maximum Gasteiger partial charge on any atom is 0.132 e. The molecule has 0 aliphatic rings. The number of hydrogen-bond acceptors (Lipinski definition) is 2. The van der Waals surface area contributed by atoms with Gasteiger partial charge >= 0.3 is 0 Å². The molecule has 2 nitrogen and oxygen atoms in total. The van der Waals surface area contributed by atoms with Gasteiger partial charge in [-0.05, 0) is 42.8 Å². The molecule has 0 N–H and O–H groups in total. The van der Waals surface area contributed by atoms with E-state index in [0.717, 1.165) is 5.56 Å². The number of hydrogen-bond donors (Lipinski definition) is 0. The van der Waals surface area contributed by atoms with Crippen molar-refractivity contribution >= 4 is 11.6 Å². The van der Waals surface area contributed by atoms with Crippen molar-refractivity contribution in [2.45, 2.75) is 12.8 Å². The van der Waals surface area contributed by atoms with E-state index in [1.807, 2.05) is 6.92 Å². The normalized spacial score (nSPS) is 10.0. The summed E-state index contributed by atoms with van der Waals surface area (Å²) < 4.78 is 18.8. The van der Waals surface area contributed by atoms with Crippen LogP contribution in [0.5, 0.6) is 11.5 Å². The van der Waals surface area contributed by atoms with Crippen molar-refractivity contribution in [1.29, 1.82) is 5.26 Å². The maximum absolute atomic E-state index is 13.1. The molecule has 2 aromatic carbocycles. The Labute approximate surface area is 116 Å². The fourth-order valence-electron chi connectivity index (χ4n) is 1.65. The van der Waals surface area contributed by atoms with E-state index in [0.29, 0.717) is 22.6 Å². The van der Waals surface area contributed by atoms with Gasteiger partial charge in [0.1, 0.15) is 17.3 Å². The van der Waals surface area contributed by atoms with Gasteiger partial charge in [-0.3, -0.25) is 0 Å². The number of nitriles is 1. The van der Waals surface area contributed by atoms with Crippen molar-refractivity contribution in [2.75, 3.05) is 0 Å². The first-order chi connectivity index (χ1) is 9.13. The molecule has 0 aliphatic carbocycles. The van der Waals surface area contributed by atoms with Crippen LogP contribution in [0.4, 0.5) is 4.39 Å². The highest BCUT2D eigenvalue weighted by Gasteiger charge is 2.08. The third-order valence-corrected chi connectivity index (χ3v) is 2.99. The highest BCUT2D eigenvalue weighted by atomic mass is 35.5. The summed E-state index contributed by atoms with van der Waals surface area (Å²) in [6.45, 7) is 1.88. The Balaban J connectivity index is 2.39. The summed E-state index contributed by atoms with van der Waals surface area (Å²) >= 11 is 5.77. The van der Waals surface area contributed by atoms with E-state index in [-0.39, 0.29) is 11.7 Å². The lowest BCUT2D eigenvalue weighted by molar-refractivity contribution is 0.472. The lowest BCUT2D eigenvalue weighted by Gasteiger charge is -2.12. The van der Waals surface area contributed by atoms with Crippen molar-refractivity contribution in [3.63, 3.8) is 0 Å². The van der Waals surface area contributed by atoms with Gasteiger partial charge in [-0.2, -0.15) is 5.26 Å². The van der Waals surface area contributed by atoms with Crippen LogP contribution < -0.4 is 4.74 Å². The number of halogens is 2. The molecule has 0 fully saturated rings. The van der Waals surface area contributed by atoms with Crippen LogP contribution >= 0.6 is 11.6 Å². The van der Waals surface area contributed by atoms with E-state index in [4.69, 9.17) is 21.6 Å². The number of benzene rings is 2. The highest BCUT2D eigenvalue weighted by Crippen LogP contribution is 2.30. The molecular formula is C15H11ClFNO. The summed E-state index contributed by atoms with van der Waals surface area (Å²) in [4.78, 5) is 0. The number of ether oxygens (including phenoxy) is 1. The summed E-state index contributed by atoms with van der Waals surface area (Å²) in [5, 5.41) is 8.88. The summed E-state index contributed by atoms with van der Waals surface area (Å²) in [5.74, 6) is 0.862. The minimum atomic E-state index is -0.356. The van der Waals surface area contributed by atoms with Gasteiger partial charge in [0, 0.05) is 5.56 Å². The summed E-state index contributed by atoms with van der Waals surface area (Å²) in [6, 6.07) is 11.4. The first kappa shape index (κ1) is 13.4.